The number of carbonyl (C=O) groups is 3. The van der Waals surface area contributed by atoms with Crippen LogP contribution in [0.15, 0.2) is 24.3 Å². The summed E-state index contributed by atoms with van der Waals surface area (Å²) in [4.78, 5) is 43.5. The summed E-state index contributed by atoms with van der Waals surface area (Å²) in [6.07, 6.45) is 0. The van der Waals surface area contributed by atoms with E-state index in [4.69, 9.17) is 0 Å². The second-order valence-electron chi connectivity index (χ2n) is 8.95. The van der Waals surface area contributed by atoms with Crippen LogP contribution in [-0.2, 0) is 15.0 Å². The minimum absolute atomic E-state index is 0.0359. The molecule has 29 heavy (non-hydrogen) atoms. The molecule has 1 aliphatic rings. The quantitative estimate of drug-likeness (QED) is 0.761. The van der Waals surface area contributed by atoms with Gasteiger partial charge in [-0.15, -0.1) is 0 Å². The normalized spacial score (nSPS) is 15.1. The largest absolute Gasteiger partial charge is 0.351 e. The van der Waals surface area contributed by atoms with E-state index in [9.17, 15) is 14.4 Å². The van der Waals surface area contributed by atoms with Gasteiger partial charge in [0.15, 0.2) is 0 Å². The van der Waals surface area contributed by atoms with E-state index in [0.29, 0.717) is 31.9 Å². The zero-order valence-corrected chi connectivity index (χ0v) is 17.8. The van der Waals surface area contributed by atoms with Gasteiger partial charge in [0, 0.05) is 43.1 Å². The molecular weight excluding hydrogens is 368 g/mol. The van der Waals surface area contributed by atoms with Gasteiger partial charge in [0.2, 0.25) is 0 Å². The third-order valence-electron chi connectivity index (χ3n) is 5.19. The first kappa shape index (κ1) is 20.9. The first-order valence-corrected chi connectivity index (χ1v) is 10.1. The summed E-state index contributed by atoms with van der Waals surface area (Å²) >= 11 is 0. The van der Waals surface area contributed by atoms with Crippen LogP contribution >= 0.6 is 0 Å². The number of amides is 3. The SMILES string of the molecule is CC(C)NC(=O)C(=O)N1CCN(C(=O)c2cc3ccc(C(C)(C)C)cc3[nH]2)CC1. The average Bonchev–Trinajstić information content (AvgIpc) is 3.09. The first-order valence-electron chi connectivity index (χ1n) is 10.1. The van der Waals surface area contributed by atoms with E-state index in [0.717, 1.165) is 10.9 Å². The van der Waals surface area contributed by atoms with Crippen molar-refractivity contribution < 1.29 is 14.4 Å². The number of nitrogens with one attached hydrogen (secondary N) is 2. The summed E-state index contributed by atoms with van der Waals surface area (Å²) in [5.41, 5.74) is 2.73. The van der Waals surface area contributed by atoms with Crippen LogP contribution in [0.25, 0.3) is 10.9 Å². The highest BCUT2D eigenvalue weighted by Crippen LogP contribution is 2.26. The van der Waals surface area contributed by atoms with Crippen molar-refractivity contribution in [2.24, 2.45) is 0 Å². The summed E-state index contributed by atoms with van der Waals surface area (Å²) in [6.45, 7) is 11.6. The number of aromatic amines is 1. The Morgan fingerprint density at radius 2 is 1.62 bits per heavy atom. The third-order valence-corrected chi connectivity index (χ3v) is 5.19. The van der Waals surface area contributed by atoms with E-state index < -0.39 is 11.8 Å². The molecule has 0 bridgehead atoms. The zero-order valence-electron chi connectivity index (χ0n) is 17.8. The van der Waals surface area contributed by atoms with Gasteiger partial charge in [-0.3, -0.25) is 14.4 Å². The predicted octanol–water partition coefficient (Wildman–Crippen LogP) is 2.27. The van der Waals surface area contributed by atoms with Crippen LogP contribution < -0.4 is 5.32 Å². The Kier molecular flexibility index (Phi) is 5.68. The second-order valence-corrected chi connectivity index (χ2v) is 8.95. The van der Waals surface area contributed by atoms with Crippen LogP contribution in [0, 0.1) is 0 Å². The van der Waals surface area contributed by atoms with Crippen LogP contribution in [0.1, 0.15) is 50.7 Å². The molecule has 0 unspecified atom stereocenters. The van der Waals surface area contributed by atoms with E-state index in [1.807, 2.05) is 26.0 Å². The molecule has 0 radical (unpaired) electrons. The molecule has 0 saturated carbocycles. The van der Waals surface area contributed by atoms with Crippen molar-refractivity contribution in [1.29, 1.82) is 0 Å². The van der Waals surface area contributed by atoms with Crippen LogP contribution in [-0.4, -0.2) is 64.7 Å². The lowest BCUT2D eigenvalue weighted by Crippen LogP contribution is -2.54. The molecule has 2 heterocycles. The molecule has 2 N–H and O–H groups in total. The maximum absolute atomic E-state index is 12.9. The number of fused-ring (bicyclic) bond motifs is 1. The molecule has 3 amide bonds. The van der Waals surface area contributed by atoms with Gasteiger partial charge in [0.1, 0.15) is 5.69 Å². The number of nitrogens with zero attached hydrogens (tertiary/aromatic N) is 2. The highest BCUT2D eigenvalue weighted by atomic mass is 16.2. The van der Waals surface area contributed by atoms with Crippen molar-refractivity contribution in [3.8, 4) is 0 Å². The molecule has 156 valence electrons. The Labute approximate surface area is 171 Å². The van der Waals surface area contributed by atoms with Crippen LogP contribution in [0.4, 0.5) is 0 Å². The second kappa shape index (κ2) is 7.89. The van der Waals surface area contributed by atoms with E-state index in [-0.39, 0.29) is 17.4 Å². The van der Waals surface area contributed by atoms with Gasteiger partial charge in [-0.05, 0) is 37.0 Å². The molecule has 1 aliphatic heterocycles. The van der Waals surface area contributed by atoms with Crippen molar-refractivity contribution in [1.82, 2.24) is 20.1 Å². The lowest BCUT2D eigenvalue weighted by Gasteiger charge is -2.34. The number of benzene rings is 1. The van der Waals surface area contributed by atoms with Crippen molar-refractivity contribution in [2.45, 2.75) is 46.1 Å². The summed E-state index contributed by atoms with van der Waals surface area (Å²) in [5, 5.41) is 3.61. The molecule has 1 aromatic heterocycles. The Morgan fingerprint density at radius 1 is 1.00 bits per heavy atom. The number of aromatic nitrogens is 1. The molecule has 0 atom stereocenters. The molecule has 3 rings (SSSR count). The Bertz CT molecular complexity index is 931. The number of hydrogen-bond acceptors (Lipinski definition) is 3. The smallest absolute Gasteiger partial charge is 0.312 e. The fourth-order valence-electron chi connectivity index (χ4n) is 3.46. The van der Waals surface area contributed by atoms with Crippen molar-refractivity contribution in [3.63, 3.8) is 0 Å². The summed E-state index contributed by atoms with van der Waals surface area (Å²) in [7, 11) is 0. The van der Waals surface area contributed by atoms with Crippen molar-refractivity contribution >= 4 is 28.6 Å². The number of rotatable bonds is 2. The number of carbonyl (C=O) groups excluding carboxylic acids is 3. The molecule has 2 aromatic rings. The predicted molar refractivity (Wildman–Crippen MR) is 113 cm³/mol. The molecule has 1 aromatic carbocycles. The lowest BCUT2D eigenvalue weighted by molar-refractivity contribution is -0.147. The number of hydrogen-bond donors (Lipinski definition) is 2. The summed E-state index contributed by atoms with van der Waals surface area (Å²) in [5.74, 6) is -1.21. The summed E-state index contributed by atoms with van der Waals surface area (Å²) in [6, 6.07) is 8.01. The van der Waals surface area contributed by atoms with Gasteiger partial charge in [-0.1, -0.05) is 32.9 Å². The minimum Gasteiger partial charge on any atom is -0.351 e. The summed E-state index contributed by atoms with van der Waals surface area (Å²) < 4.78 is 0. The monoisotopic (exact) mass is 398 g/mol. The highest BCUT2D eigenvalue weighted by molar-refractivity contribution is 6.35. The van der Waals surface area contributed by atoms with E-state index >= 15 is 0 Å². The standard InChI is InChI=1S/C22H30N4O3/c1-14(2)23-19(27)21(29)26-10-8-25(9-11-26)20(28)18-12-15-6-7-16(22(3,4)5)13-17(15)24-18/h6-7,12-14,24H,8-11H2,1-5H3,(H,23,27). The maximum atomic E-state index is 12.9. The van der Waals surface area contributed by atoms with E-state index in [1.54, 1.807) is 4.90 Å². The lowest BCUT2D eigenvalue weighted by atomic mass is 9.87. The van der Waals surface area contributed by atoms with Gasteiger partial charge in [0.05, 0.1) is 0 Å². The minimum atomic E-state index is -0.593. The van der Waals surface area contributed by atoms with Crippen molar-refractivity contribution in [2.75, 3.05) is 26.2 Å². The van der Waals surface area contributed by atoms with Crippen LogP contribution in [0.5, 0.6) is 0 Å². The average molecular weight is 399 g/mol. The fraction of sp³-hybridized carbons (Fsp3) is 0.500. The number of piperazine rings is 1. The molecule has 1 fully saturated rings. The van der Waals surface area contributed by atoms with Crippen LogP contribution in [0.2, 0.25) is 0 Å². The van der Waals surface area contributed by atoms with E-state index in [2.05, 4.69) is 43.2 Å². The molecule has 1 saturated heterocycles. The Balaban J connectivity index is 1.66. The molecule has 0 spiro atoms. The first-order chi connectivity index (χ1) is 13.6. The molecule has 7 heteroatoms. The van der Waals surface area contributed by atoms with Gasteiger partial charge in [-0.25, -0.2) is 0 Å². The maximum Gasteiger partial charge on any atom is 0.312 e. The topological polar surface area (TPSA) is 85.5 Å². The fourth-order valence-corrected chi connectivity index (χ4v) is 3.46. The van der Waals surface area contributed by atoms with Gasteiger partial charge in [0.25, 0.3) is 5.91 Å². The zero-order chi connectivity index (χ0) is 21.3. The van der Waals surface area contributed by atoms with Crippen molar-refractivity contribution in [3.05, 3.63) is 35.5 Å². The Hall–Kier alpha value is -2.83. The Morgan fingerprint density at radius 3 is 2.21 bits per heavy atom. The third kappa shape index (κ3) is 4.60. The molecule has 7 nitrogen and oxygen atoms in total. The van der Waals surface area contributed by atoms with Gasteiger partial charge >= 0.3 is 11.8 Å². The molecular formula is C22H30N4O3. The number of H-pyrrole nitrogens is 1. The van der Waals surface area contributed by atoms with Gasteiger partial charge in [-0.2, -0.15) is 0 Å². The molecule has 0 aliphatic carbocycles. The highest BCUT2D eigenvalue weighted by Gasteiger charge is 2.29. The van der Waals surface area contributed by atoms with E-state index in [1.165, 1.54) is 10.5 Å². The van der Waals surface area contributed by atoms with Gasteiger partial charge < -0.3 is 20.1 Å². The van der Waals surface area contributed by atoms with Crippen LogP contribution in [0.3, 0.4) is 0 Å².